The molecule has 21 valence electrons. The Labute approximate surface area is 41.4 Å². The van der Waals surface area contributed by atoms with Gasteiger partial charge in [0, 0.05) is 0 Å². The van der Waals surface area contributed by atoms with Crippen LogP contribution in [-0.4, -0.2) is 22.9 Å². The van der Waals surface area contributed by atoms with Crippen LogP contribution in [0.25, 0.3) is 0 Å². The van der Waals surface area contributed by atoms with E-state index in [-0.39, 0.29) is 0 Å². The number of nitriles is 2. The molecule has 0 rings (SSSR count). The first-order valence-electron chi connectivity index (χ1n) is 1.02. The molecule has 0 aromatic heterocycles. The predicted molar refractivity (Wildman–Crippen MR) is 17.0 cm³/mol. The van der Waals surface area contributed by atoms with Gasteiger partial charge in [0.1, 0.15) is 0 Å². The molecule has 0 N–H and O–H groups in total. The van der Waals surface area contributed by atoms with Crippen LogP contribution in [0.1, 0.15) is 0 Å². The van der Waals surface area contributed by atoms with Crippen molar-refractivity contribution in [1.29, 1.82) is 10.5 Å². The van der Waals surface area contributed by atoms with E-state index in [1.165, 1.54) is 0 Å². The molecule has 0 atom stereocenters. The van der Waals surface area contributed by atoms with Crippen LogP contribution in [0.3, 0.4) is 0 Å². The van der Waals surface area contributed by atoms with E-state index in [0.29, 0.717) is 0 Å². The SMILES string of the molecule is N#[C][In][C]#N. The van der Waals surface area contributed by atoms with Gasteiger partial charge in [-0.3, -0.25) is 0 Å². The molecule has 0 saturated carbocycles. The zero-order valence-corrected chi connectivity index (χ0v) is 5.77. The predicted octanol–water partition coefficient (Wildman–Crippen LogP) is -0.347. The third-order valence-corrected chi connectivity index (χ3v) is 0.866. The van der Waals surface area contributed by atoms with E-state index in [1.807, 2.05) is 7.65 Å². The summed E-state index contributed by atoms with van der Waals surface area (Å²) in [6.07, 6.45) is 0. The summed E-state index contributed by atoms with van der Waals surface area (Å²) < 4.78 is 3.69. The van der Waals surface area contributed by atoms with Gasteiger partial charge in [-0.15, -0.1) is 0 Å². The van der Waals surface area contributed by atoms with Crippen molar-refractivity contribution >= 4 is 22.9 Å². The van der Waals surface area contributed by atoms with Gasteiger partial charge in [0.2, 0.25) is 0 Å². The molecular formula is C2InN2. The van der Waals surface area contributed by atoms with Crippen molar-refractivity contribution in [3.8, 4) is 7.65 Å². The Kier molecular flexibility index (Phi) is 3.73. The summed E-state index contributed by atoms with van der Waals surface area (Å²) in [4.78, 5) is 0. The fourth-order valence-electron chi connectivity index (χ4n) is 0.0289. The van der Waals surface area contributed by atoms with E-state index in [0.717, 1.165) is 0 Å². The maximum absolute atomic E-state index is 7.68. The maximum atomic E-state index is 7.68. The van der Waals surface area contributed by atoms with Crippen LogP contribution < -0.4 is 0 Å². The molecule has 0 aliphatic rings. The third kappa shape index (κ3) is 3.85. The van der Waals surface area contributed by atoms with Gasteiger partial charge in [-0.25, -0.2) is 0 Å². The minimum absolute atomic E-state index is 1.31. The normalized spacial score (nSPS) is 3.60. The molecule has 0 fully saturated rings. The van der Waals surface area contributed by atoms with Crippen LogP contribution in [0.15, 0.2) is 0 Å². The van der Waals surface area contributed by atoms with Gasteiger partial charge in [-0.05, 0) is 0 Å². The molecule has 3 heteroatoms. The molecule has 0 aliphatic carbocycles. The topological polar surface area (TPSA) is 47.6 Å². The van der Waals surface area contributed by atoms with Crippen molar-refractivity contribution in [1.82, 2.24) is 0 Å². The first-order chi connectivity index (χ1) is 2.41. The standard InChI is InChI=1S/2CN.In/c2*1-2;. The minimum atomic E-state index is -1.31. The van der Waals surface area contributed by atoms with Gasteiger partial charge >= 0.3 is 41.1 Å². The van der Waals surface area contributed by atoms with Crippen LogP contribution in [0.5, 0.6) is 0 Å². The number of hydrogen-bond donors (Lipinski definition) is 0. The molecule has 0 heterocycles. The molecule has 5 heavy (non-hydrogen) atoms. The van der Waals surface area contributed by atoms with Crippen molar-refractivity contribution < 1.29 is 0 Å². The van der Waals surface area contributed by atoms with Crippen molar-refractivity contribution in [2.45, 2.75) is 0 Å². The average molecular weight is 167 g/mol. The van der Waals surface area contributed by atoms with Crippen LogP contribution in [0, 0.1) is 18.2 Å². The molecule has 1 radical (unpaired) electrons. The zero-order valence-electron chi connectivity index (χ0n) is 2.47. The fraction of sp³-hybridized carbons (Fsp3) is 0. The molecule has 0 aromatic rings. The summed E-state index contributed by atoms with van der Waals surface area (Å²) in [5, 5.41) is 15.4. The first-order valence-corrected chi connectivity index (χ1v) is 4.32. The fourth-order valence-corrected chi connectivity index (χ4v) is 0.194. The van der Waals surface area contributed by atoms with E-state index in [4.69, 9.17) is 10.5 Å². The Hall–Kier alpha value is -0.150. The number of hydrogen-bond acceptors (Lipinski definition) is 2. The first kappa shape index (κ1) is 4.85. The second-order valence-corrected chi connectivity index (χ2v) is 2.70. The van der Waals surface area contributed by atoms with Crippen LogP contribution >= 0.6 is 0 Å². The van der Waals surface area contributed by atoms with Crippen LogP contribution in [0.2, 0.25) is 0 Å². The second-order valence-electron chi connectivity index (χ2n) is 0.403. The van der Waals surface area contributed by atoms with Gasteiger partial charge < -0.3 is 0 Å². The summed E-state index contributed by atoms with van der Waals surface area (Å²) in [7, 11) is 0. The molecule has 0 unspecified atom stereocenters. The molecule has 2 nitrogen and oxygen atoms in total. The molecule has 0 spiro atoms. The van der Waals surface area contributed by atoms with E-state index in [2.05, 4.69) is 0 Å². The Morgan fingerprint density at radius 1 is 1.20 bits per heavy atom. The molecule has 0 bridgehead atoms. The van der Waals surface area contributed by atoms with Crippen molar-refractivity contribution in [2.75, 3.05) is 0 Å². The summed E-state index contributed by atoms with van der Waals surface area (Å²) in [5.74, 6) is 0. The third-order valence-electron chi connectivity index (χ3n) is 0.129. The average Bonchev–Trinajstić information content (AvgIpc) is 1.41. The molecule has 0 aromatic carbocycles. The Balaban J connectivity index is 2.86. The van der Waals surface area contributed by atoms with Crippen LogP contribution in [-0.2, 0) is 0 Å². The molecule has 0 aliphatic heterocycles. The number of nitrogens with zero attached hydrogens (tertiary/aromatic N) is 2. The van der Waals surface area contributed by atoms with Crippen LogP contribution in [0.4, 0.5) is 0 Å². The molecule has 0 amide bonds. The van der Waals surface area contributed by atoms with E-state index in [1.54, 1.807) is 0 Å². The summed E-state index contributed by atoms with van der Waals surface area (Å²) >= 11 is -1.31. The summed E-state index contributed by atoms with van der Waals surface area (Å²) in [6.45, 7) is 0. The Bertz CT molecular complexity index is 72.8. The summed E-state index contributed by atoms with van der Waals surface area (Å²) in [6, 6.07) is 0. The van der Waals surface area contributed by atoms with Gasteiger partial charge in [0.05, 0.1) is 0 Å². The summed E-state index contributed by atoms with van der Waals surface area (Å²) in [5.41, 5.74) is 0. The molecular weight excluding hydrogens is 167 g/mol. The quantitative estimate of drug-likeness (QED) is 0.495. The second kappa shape index (κ2) is 3.85. The van der Waals surface area contributed by atoms with Gasteiger partial charge in [0.15, 0.2) is 0 Å². The monoisotopic (exact) mass is 167 g/mol. The Morgan fingerprint density at radius 3 is 1.60 bits per heavy atom. The van der Waals surface area contributed by atoms with E-state index >= 15 is 0 Å². The van der Waals surface area contributed by atoms with Gasteiger partial charge in [-0.1, -0.05) is 0 Å². The van der Waals surface area contributed by atoms with Gasteiger partial charge in [0.25, 0.3) is 0 Å². The Morgan fingerprint density at radius 2 is 1.60 bits per heavy atom. The molecule has 0 saturated heterocycles. The van der Waals surface area contributed by atoms with Crippen molar-refractivity contribution in [3.05, 3.63) is 0 Å². The van der Waals surface area contributed by atoms with E-state index in [9.17, 15) is 0 Å². The van der Waals surface area contributed by atoms with Gasteiger partial charge in [-0.2, -0.15) is 0 Å². The zero-order chi connectivity index (χ0) is 4.12. The van der Waals surface area contributed by atoms with E-state index < -0.39 is 22.9 Å². The number of rotatable bonds is 0. The van der Waals surface area contributed by atoms with Crippen molar-refractivity contribution in [2.24, 2.45) is 0 Å². The van der Waals surface area contributed by atoms with Crippen molar-refractivity contribution in [3.63, 3.8) is 0 Å².